The van der Waals surface area contributed by atoms with Crippen LogP contribution in [0.5, 0.6) is 5.75 Å². The zero-order valence-electron chi connectivity index (χ0n) is 10.8. The van der Waals surface area contributed by atoms with E-state index in [4.69, 9.17) is 9.84 Å². The van der Waals surface area contributed by atoms with Crippen molar-refractivity contribution in [3.05, 3.63) is 29.8 Å². The summed E-state index contributed by atoms with van der Waals surface area (Å²) in [7, 11) is 0. The standard InChI is InChI=1S/C14H17NO4/c1-10-4-2-3-5-12(10)19-7-6-13(16)15-8-11(9-15)14(17)18/h2-5,11H,6-9H2,1H3,(H,17,18). The van der Waals surface area contributed by atoms with E-state index in [9.17, 15) is 9.59 Å². The fraction of sp³-hybridized carbons (Fsp3) is 0.429. The Hall–Kier alpha value is -2.04. The highest BCUT2D eigenvalue weighted by molar-refractivity contribution is 5.81. The fourth-order valence-electron chi connectivity index (χ4n) is 1.96. The summed E-state index contributed by atoms with van der Waals surface area (Å²) >= 11 is 0. The minimum Gasteiger partial charge on any atom is -0.493 e. The summed E-state index contributed by atoms with van der Waals surface area (Å²) in [6, 6.07) is 7.63. The molecule has 0 aromatic heterocycles. The lowest BCUT2D eigenvalue weighted by molar-refractivity contribution is -0.152. The molecular formula is C14H17NO4. The number of para-hydroxylation sites is 1. The number of carbonyl (C=O) groups is 2. The molecule has 1 aromatic carbocycles. The molecule has 0 radical (unpaired) electrons. The molecule has 1 heterocycles. The number of ether oxygens (including phenoxy) is 1. The maximum Gasteiger partial charge on any atom is 0.310 e. The van der Waals surface area contributed by atoms with Crippen LogP contribution in [0.25, 0.3) is 0 Å². The van der Waals surface area contributed by atoms with E-state index in [1.165, 1.54) is 0 Å². The number of amides is 1. The first-order valence-electron chi connectivity index (χ1n) is 6.27. The Balaban J connectivity index is 1.71. The molecule has 5 nitrogen and oxygen atoms in total. The van der Waals surface area contributed by atoms with Crippen LogP contribution < -0.4 is 4.74 Å². The molecule has 1 saturated heterocycles. The third-order valence-corrected chi connectivity index (χ3v) is 3.25. The second-order valence-electron chi connectivity index (χ2n) is 4.70. The van der Waals surface area contributed by atoms with Crippen molar-refractivity contribution >= 4 is 11.9 Å². The minimum absolute atomic E-state index is 0.0499. The summed E-state index contributed by atoms with van der Waals surface area (Å²) in [6.07, 6.45) is 0.278. The summed E-state index contributed by atoms with van der Waals surface area (Å²) in [6.45, 7) is 2.90. The van der Waals surface area contributed by atoms with Crippen molar-refractivity contribution in [2.45, 2.75) is 13.3 Å². The first-order valence-corrected chi connectivity index (χ1v) is 6.27. The smallest absolute Gasteiger partial charge is 0.310 e. The van der Waals surface area contributed by atoms with Gasteiger partial charge in [-0.1, -0.05) is 18.2 Å². The molecule has 1 aliphatic heterocycles. The second kappa shape index (κ2) is 5.73. The van der Waals surface area contributed by atoms with Gasteiger partial charge >= 0.3 is 5.97 Å². The van der Waals surface area contributed by atoms with E-state index in [-0.39, 0.29) is 12.3 Å². The van der Waals surface area contributed by atoms with Crippen LogP contribution in [0.1, 0.15) is 12.0 Å². The van der Waals surface area contributed by atoms with Gasteiger partial charge in [0.1, 0.15) is 5.75 Å². The van der Waals surface area contributed by atoms with E-state index < -0.39 is 11.9 Å². The molecule has 102 valence electrons. The van der Waals surface area contributed by atoms with Crippen LogP contribution in [-0.4, -0.2) is 41.6 Å². The molecule has 0 atom stereocenters. The van der Waals surface area contributed by atoms with Gasteiger partial charge in [-0.25, -0.2) is 0 Å². The predicted molar refractivity (Wildman–Crippen MR) is 69.0 cm³/mol. The average molecular weight is 263 g/mol. The average Bonchev–Trinajstić information content (AvgIpc) is 2.29. The van der Waals surface area contributed by atoms with Crippen LogP contribution >= 0.6 is 0 Å². The maximum absolute atomic E-state index is 11.7. The van der Waals surface area contributed by atoms with Crippen molar-refractivity contribution < 1.29 is 19.4 Å². The third kappa shape index (κ3) is 3.24. The molecule has 1 fully saturated rings. The van der Waals surface area contributed by atoms with Gasteiger partial charge in [0.15, 0.2) is 0 Å². The zero-order valence-corrected chi connectivity index (χ0v) is 10.8. The molecule has 5 heteroatoms. The topological polar surface area (TPSA) is 66.8 Å². The zero-order chi connectivity index (χ0) is 13.8. The number of carboxylic acid groups (broad SMARTS) is 1. The lowest BCUT2D eigenvalue weighted by Gasteiger charge is -2.36. The number of hydrogen-bond acceptors (Lipinski definition) is 3. The Morgan fingerprint density at radius 1 is 1.37 bits per heavy atom. The van der Waals surface area contributed by atoms with Crippen molar-refractivity contribution in [3.63, 3.8) is 0 Å². The largest absolute Gasteiger partial charge is 0.493 e. The van der Waals surface area contributed by atoms with E-state index in [1.807, 2.05) is 31.2 Å². The fourth-order valence-corrected chi connectivity index (χ4v) is 1.96. The summed E-state index contributed by atoms with van der Waals surface area (Å²) < 4.78 is 5.54. The first-order chi connectivity index (χ1) is 9.08. The molecule has 1 aliphatic rings. The Labute approximate surface area is 111 Å². The van der Waals surface area contributed by atoms with Gasteiger partial charge in [0, 0.05) is 13.1 Å². The summed E-state index contributed by atoms with van der Waals surface area (Å²) in [5.74, 6) is -0.505. The van der Waals surface area contributed by atoms with Crippen molar-refractivity contribution in [3.8, 4) is 5.75 Å². The summed E-state index contributed by atoms with van der Waals surface area (Å²) in [5, 5.41) is 8.73. The number of aryl methyl sites for hydroxylation is 1. The number of aliphatic carboxylic acids is 1. The van der Waals surface area contributed by atoms with E-state index in [2.05, 4.69) is 0 Å². The van der Waals surface area contributed by atoms with Crippen molar-refractivity contribution in [2.24, 2.45) is 5.92 Å². The molecule has 1 aromatic rings. The molecule has 1 N–H and O–H groups in total. The molecule has 2 rings (SSSR count). The number of likely N-dealkylation sites (tertiary alicyclic amines) is 1. The molecule has 0 aliphatic carbocycles. The van der Waals surface area contributed by atoms with Gasteiger partial charge < -0.3 is 14.7 Å². The third-order valence-electron chi connectivity index (χ3n) is 3.25. The van der Waals surface area contributed by atoms with E-state index in [0.29, 0.717) is 19.7 Å². The molecule has 0 spiro atoms. The van der Waals surface area contributed by atoms with Crippen molar-refractivity contribution in [1.82, 2.24) is 4.90 Å². The van der Waals surface area contributed by atoms with Gasteiger partial charge in [-0.3, -0.25) is 9.59 Å². The highest BCUT2D eigenvalue weighted by Crippen LogP contribution is 2.18. The van der Waals surface area contributed by atoms with E-state index >= 15 is 0 Å². The minimum atomic E-state index is -0.833. The van der Waals surface area contributed by atoms with Gasteiger partial charge in [0.25, 0.3) is 0 Å². The molecule has 0 saturated carbocycles. The van der Waals surface area contributed by atoms with Gasteiger partial charge in [-0.15, -0.1) is 0 Å². The van der Waals surface area contributed by atoms with Gasteiger partial charge in [0.05, 0.1) is 18.9 Å². The predicted octanol–water partition coefficient (Wildman–Crippen LogP) is 1.31. The molecule has 0 bridgehead atoms. The molecule has 1 amide bonds. The SMILES string of the molecule is Cc1ccccc1OCCC(=O)N1CC(C(=O)O)C1. The highest BCUT2D eigenvalue weighted by Gasteiger charge is 2.35. The number of nitrogens with zero attached hydrogens (tertiary/aromatic N) is 1. The summed E-state index contributed by atoms with van der Waals surface area (Å²) in [4.78, 5) is 23.9. The Morgan fingerprint density at radius 2 is 2.05 bits per heavy atom. The van der Waals surface area contributed by atoms with Crippen LogP contribution in [0, 0.1) is 12.8 Å². The van der Waals surface area contributed by atoms with Gasteiger partial charge in [-0.05, 0) is 18.6 Å². The number of carbonyl (C=O) groups excluding carboxylic acids is 1. The van der Waals surface area contributed by atoms with Crippen LogP contribution in [0.15, 0.2) is 24.3 Å². The number of hydrogen-bond donors (Lipinski definition) is 1. The number of benzene rings is 1. The number of rotatable bonds is 5. The Kier molecular flexibility index (Phi) is 4.04. The molecular weight excluding hydrogens is 246 g/mol. The monoisotopic (exact) mass is 263 g/mol. The lowest BCUT2D eigenvalue weighted by Crippen LogP contribution is -2.53. The second-order valence-corrected chi connectivity index (χ2v) is 4.70. The van der Waals surface area contributed by atoms with E-state index in [0.717, 1.165) is 11.3 Å². The van der Waals surface area contributed by atoms with Crippen LogP contribution in [0.2, 0.25) is 0 Å². The van der Waals surface area contributed by atoms with E-state index in [1.54, 1.807) is 4.90 Å². The van der Waals surface area contributed by atoms with Gasteiger partial charge in [0.2, 0.25) is 5.91 Å². The van der Waals surface area contributed by atoms with Gasteiger partial charge in [-0.2, -0.15) is 0 Å². The molecule has 0 unspecified atom stereocenters. The number of carboxylic acids is 1. The normalized spacial score (nSPS) is 14.9. The Bertz CT molecular complexity index is 480. The van der Waals surface area contributed by atoms with Crippen LogP contribution in [0.4, 0.5) is 0 Å². The maximum atomic E-state index is 11.7. The summed E-state index contributed by atoms with van der Waals surface area (Å²) in [5.41, 5.74) is 1.03. The van der Waals surface area contributed by atoms with Crippen LogP contribution in [0.3, 0.4) is 0 Å². The van der Waals surface area contributed by atoms with Crippen LogP contribution in [-0.2, 0) is 9.59 Å². The van der Waals surface area contributed by atoms with Crippen molar-refractivity contribution in [2.75, 3.05) is 19.7 Å². The quantitative estimate of drug-likeness (QED) is 0.869. The molecule has 19 heavy (non-hydrogen) atoms. The highest BCUT2D eigenvalue weighted by atomic mass is 16.5. The Morgan fingerprint density at radius 3 is 2.68 bits per heavy atom. The lowest BCUT2D eigenvalue weighted by atomic mass is 10.0. The van der Waals surface area contributed by atoms with Crippen molar-refractivity contribution in [1.29, 1.82) is 0 Å². The first kappa shape index (κ1) is 13.4.